The summed E-state index contributed by atoms with van der Waals surface area (Å²) in [7, 11) is 0. The molecular weight excluding hydrogens is 381 g/mol. The Morgan fingerprint density at radius 1 is 0.862 bits per heavy atom. The Bertz CT molecular complexity index is 1140. The SMILES string of the molecule is O=C1CCC(OC(=O)c2cccc3ccccc23)=C1c1ccc(C(F)(F)F)cc1. The van der Waals surface area contributed by atoms with Gasteiger partial charge in [-0.2, -0.15) is 13.2 Å². The number of hydrogen-bond acceptors (Lipinski definition) is 3. The number of alkyl halides is 3. The highest BCUT2D eigenvalue weighted by Gasteiger charge is 2.32. The van der Waals surface area contributed by atoms with Gasteiger partial charge in [-0.15, -0.1) is 0 Å². The monoisotopic (exact) mass is 396 g/mol. The van der Waals surface area contributed by atoms with Crippen LogP contribution in [0.5, 0.6) is 0 Å². The molecule has 0 aromatic heterocycles. The van der Waals surface area contributed by atoms with Crippen molar-refractivity contribution in [2.45, 2.75) is 19.0 Å². The molecule has 0 unspecified atom stereocenters. The van der Waals surface area contributed by atoms with Crippen molar-refractivity contribution in [3.05, 3.63) is 89.2 Å². The first kappa shape index (κ1) is 18.9. The zero-order chi connectivity index (χ0) is 20.6. The van der Waals surface area contributed by atoms with Crippen LogP contribution in [0.4, 0.5) is 13.2 Å². The number of benzene rings is 3. The second-order valence-electron chi connectivity index (χ2n) is 6.71. The van der Waals surface area contributed by atoms with Crippen LogP contribution in [-0.2, 0) is 15.7 Å². The molecule has 4 rings (SSSR count). The number of rotatable bonds is 3. The Balaban J connectivity index is 1.68. The minimum Gasteiger partial charge on any atom is -0.427 e. The summed E-state index contributed by atoms with van der Waals surface area (Å²) in [5, 5.41) is 1.60. The van der Waals surface area contributed by atoms with Crippen LogP contribution >= 0.6 is 0 Å². The molecule has 1 aliphatic carbocycles. The third-order valence-electron chi connectivity index (χ3n) is 4.86. The first-order chi connectivity index (χ1) is 13.8. The van der Waals surface area contributed by atoms with E-state index in [4.69, 9.17) is 4.74 Å². The molecule has 0 fully saturated rings. The van der Waals surface area contributed by atoms with Crippen molar-refractivity contribution in [3.8, 4) is 0 Å². The van der Waals surface area contributed by atoms with Crippen LogP contribution in [0.2, 0.25) is 0 Å². The van der Waals surface area contributed by atoms with E-state index in [2.05, 4.69) is 0 Å². The van der Waals surface area contributed by atoms with E-state index in [1.54, 1.807) is 18.2 Å². The standard InChI is InChI=1S/C23H15F3O3/c24-23(25,26)16-10-8-15(9-11-16)21-19(27)12-13-20(21)29-22(28)18-7-3-5-14-4-1-2-6-17(14)18/h1-11H,12-13H2. The van der Waals surface area contributed by atoms with E-state index in [0.717, 1.165) is 22.9 Å². The highest BCUT2D eigenvalue weighted by Crippen LogP contribution is 2.35. The number of hydrogen-bond donors (Lipinski definition) is 0. The Labute approximate surface area is 164 Å². The van der Waals surface area contributed by atoms with Crippen molar-refractivity contribution in [3.63, 3.8) is 0 Å². The lowest BCUT2D eigenvalue weighted by Gasteiger charge is -2.11. The van der Waals surface area contributed by atoms with Gasteiger partial charge in [0, 0.05) is 12.8 Å². The average Bonchev–Trinajstić information content (AvgIpc) is 3.07. The second-order valence-corrected chi connectivity index (χ2v) is 6.71. The highest BCUT2D eigenvalue weighted by atomic mass is 19.4. The topological polar surface area (TPSA) is 43.4 Å². The number of carbonyl (C=O) groups is 2. The largest absolute Gasteiger partial charge is 0.427 e. The van der Waals surface area contributed by atoms with Crippen molar-refractivity contribution in [1.29, 1.82) is 0 Å². The van der Waals surface area contributed by atoms with Gasteiger partial charge in [-0.3, -0.25) is 4.79 Å². The van der Waals surface area contributed by atoms with Gasteiger partial charge in [0.2, 0.25) is 0 Å². The number of ketones is 1. The van der Waals surface area contributed by atoms with E-state index < -0.39 is 17.7 Å². The predicted octanol–water partition coefficient (Wildman–Crippen LogP) is 5.79. The molecule has 3 aromatic carbocycles. The van der Waals surface area contributed by atoms with E-state index in [1.165, 1.54) is 12.1 Å². The molecule has 0 bridgehead atoms. The highest BCUT2D eigenvalue weighted by molar-refractivity contribution is 6.23. The lowest BCUT2D eigenvalue weighted by Crippen LogP contribution is -2.07. The molecule has 0 radical (unpaired) electrons. The molecule has 0 aliphatic heterocycles. The van der Waals surface area contributed by atoms with Gasteiger partial charge in [0.15, 0.2) is 5.78 Å². The summed E-state index contributed by atoms with van der Waals surface area (Å²) in [6, 6.07) is 16.9. The van der Waals surface area contributed by atoms with Crippen LogP contribution in [-0.4, -0.2) is 11.8 Å². The van der Waals surface area contributed by atoms with Gasteiger partial charge < -0.3 is 4.74 Å². The van der Waals surface area contributed by atoms with Gasteiger partial charge in [-0.25, -0.2) is 4.79 Å². The van der Waals surface area contributed by atoms with Crippen LogP contribution in [0.1, 0.15) is 34.3 Å². The lowest BCUT2D eigenvalue weighted by molar-refractivity contribution is -0.137. The van der Waals surface area contributed by atoms with Gasteiger partial charge >= 0.3 is 12.1 Å². The average molecular weight is 396 g/mol. The first-order valence-electron chi connectivity index (χ1n) is 8.98. The first-order valence-corrected chi connectivity index (χ1v) is 8.98. The number of fused-ring (bicyclic) bond motifs is 1. The van der Waals surface area contributed by atoms with E-state index >= 15 is 0 Å². The van der Waals surface area contributed by atoms with Gasteiger partial charge in [0.25, 0.3) is 0 Å². The van der Waals surface area contributed by atoms with Gasteiger partial charge in [-0.05, 0) is 34.5 Å². The number of carbonyl (C=O) groups excluding carboxylic acids is 2. The maximum Gasteiger partial charge on any atom is 0.416 e. The smallest absolute Gasteiger partial charge is 0.416 e. The van der Waals surface area contributed by atoms with Crippen LogP contribution in [0, 0.1) is 0 Å². The predicted molar refractivity (Wildman–Crippen MR) is 102 cm³/mol. The Morgan fingerprint density at radius 3 is 2.28 bits per heavy atom. The molecule has 0 saturated carbocycles. The number of esters is 1. The number of allylic oxidation sites excluding steroid dienone is 2. The number of ether oxygens (including phenoxy) is 1. The molecule has 1 aliphatic rings. The fourth-order valence-corrected chi connectivity index (χ4v) is 3.45. The summed E-state index contributed by atoms with van der Waals surface area (Å²) in [5.41, 5.74) is 0.0249. The van der Waals surface area contributed by atoms with E-state index in [-0.39, 0.29) is 30.0 Å². The third kappa shape index (κ3) is 3.66. The maximum absolute atomic E-state index is 12.8. The zero-order valence-corrected chi connectivity index (χ0v) is 15.1. The minimum absolute atomic E-state index is 0.147. The van der Waals surface area contributed by atoms with Gasteiger partial charge in [-0.1, -0.05) is 48.5 Å². The molecule has 0 heterocycles. The summed E-state index contributed by atoms with van der Waals surface area (Å²) in [5.74, 6) is -0.672. The molecule has 6 heteroatoms. The summed E-state index contributed by atoms with van der Waals surface area (Å²) in [6.45, 7) is 0. The molecule has 0 amide bonds. The molecule has 0 N–H and O–H groups in total. The molecule has 146 valence electrons. The Morgan fingerprint density at radius 2 is 1.55 bits per heavy atom. The minimum atomic E-state index is -4.46. The number of halogens is 3. The molecule has 0 atom stereocenters. The lowest BCUT2D eigenvalue weighted by atomic mass is 10.0. The van der Waals surface area contributed by atoms with Crippen LogP contribution in [0.25, 0.3) is 16.3 Å². The second kappa shape index (κ2) is 7.20. The molecule has 3 nitrogen and oxygen atoms in total. The Hall–Kier alpha value is -3.41. The van der Waals surface area contributed by atoms with Crippen LogP contribution in [0.3, 0.4) is 0 Å². The van der Waals surface area contributed by atoms with Crippen molar-refractivity contribution < 1.29 is 27.5 Å². The normalized spacial score (nSPS) is 14.5. The van der Waals surface area contributed by atoms with Crippen molar-refractivity contribution in [1.82, 2.24) is 0 Å². The van der Waals surface area contributed by atoms with E-state index in [0.29, 0.717) is 11.1 Å². The van der Waals surface area contributed by atoms with E-state index in [1.807, 2.05) is 24.3 Å². The maximum atomic E-state index is 12.8. The summed E-state index contributed by atoms with van der Waals surface area (Å²) in [6.07, 6.45) is -4.09. The molecule has 0 spiro atoms. The number of Topliss-reactive ketones (excluding diaryl/α,β-unsaturated/α-hetero) is 1. The van der Waals surface area contributed by atoms with E-state index in [9.17, 15) is 22.8 Å². The van der Waals surface area contributed by atoms with Crippen LogP contribution < -0.4 is 0 Å². The molecular formula is C23H15F3O3. The third-order valence-corrected chi connectivity index (χ3v) is 4.86. The molecule has 29 heavy (non-hydrogen) atoms. The quantitative estimate of drug-likeness (QED) is 0.527. The fraction of sp³-hybridized carbons (Fsp3) is 0.130. The van der Waals surface area contributed by atoms with Gasteiger partial charge in [0.1, 0.15) is 5.76 Å². The summed E-state index contributed by atoms with van der Waals surface area (Å²) in [4.78, 5) is 25.1. The van der Waals surface area contributed by atoms with Crippen LogP contribution in [0.15, 0.2) is 72.5 Å². The van der Waals surface area contributed by atoms with Crippen molar-refractivity contribution >= 4 is 28.1 Å². The van der Waals surface area contributed by atoms with Crippen molar-refractivity contribution in [2.24, 2.45) is 0 Å². The Kier molecular flexibility index (Phi) is 4.70. The molecule has 3 aromatic rings. The van der Waals surface area contributed by atoms with Crippen molar-refractivity contribution in [2.75, 3.05) is 0 Å². The van der Waals surface area contributed by atoms with Gasteiger partial charge in [0.05, 0.1) is 16.7 Å². The molecule has 0 saturated heterocycles. The fourth-order valence-electron chi connectivity index (χ4n) is 3.45. The summed E-state index contributed by atoms with van der Waals surface area (Å²) >= 11 is 0. The zero-order valence-electron chi connectivity index (χ0n) is 15.1. The summed E-state index contributed by atoms with van der Waals surface area (Å²) < 4.78 is 43.9.